The number of rotatable bonds is 5. The van der Waals surface area contributed by atoms with E-state index in [1.54, 1.807) is 19.6 Å². The zero-order chi connectivity index (χ0) is 19.5. The number of benzene rings is 2. The first kappa shape index (κ1) is 18.0. The van der Waals surface area contributed by atoms with Crippen LogP contribution >= 0.6 is 11.6 Å². The number of fused-ring (bicyclic) bond motifs is 1. The molecule has 0 bridgehead atoms. The molecule has 0 saturated heterocycles. The highest BCUT2D eigenvalue weighted by Gasteiger charge is 2.10. The van der Waals surface area contributed by atoms with E-state index < -0.39 is 0 Å². The molecule has 0 amide bonds. The summed E-state index contributed by atoms with van der Waals surface area (Å²) in [7, 11) is 3.44. The number of nitrogens with zero attached hydrogens (tertiary/aromatic N) is 3. The molecule has 2 aromatic carbocycles. The Morgan fingerprint density at radius 3 is 2.64 bits per heavy atom. The van der Waals surface area contributed by atoms with Crippen molar-refractivity contribution >= 4 is 39.7 Å². The van der Waals surface area contributed by atoms with Crippen molar-refractivity contribution in [3.63, 3.8) is 0 Å². The Hall–Kier alpha value is -3.38. The van der Waals surface area contributed by atoms with Crippen molar-refractivity contribution < 1.29 is 4.74 Å². The zero-order valence-electron chi connectivity index (χ0n) is 15.4. The quantitative estimate of drug-likeness (QED) is 0.490. The Balaban J connectivity index is 1.78. The van der Waals surface area contributed by atoms with Gasteiger partial charge in [-0.25, -0.2) is 15.0 Å². The molecule has 140 valence electrons. The number of hydrogen-bond donors (Lipinski definition) is 2. The molecule has 2 N–H and O–H groups in total. The van der Waals surface area contributed by atoms with Gasteiger partial charge in [-0.2, -0.15) is 0 Å². The van der Waals surface area contributed by atoms with Gasteiger partial charge in [-0.05, 0) is 42.0 Å². The van der Waals surface area contributed by atoms with Crippen LogP contribution < -0.4 is 15.4 Å². The van der Waals surface area contributed by atoms with Gasteiger partial charge in [0.15, 0.2) is 0 Å². The summed E-state index contributed by atoms with van der Waals surface area (Å²) < 4.78 is 5.28. The molecule has 28 heavy (non-hydrogen) atoms. The van der Waals surface area contributed by atoms with E-state index in [9.17, 15) is 0 Å². The van der Waals surface area contributed by atoms with Gasteiger partial charge in [0.1, 0.15) is 12.1 Å². The first-order chi connectivity index (χ1) is 13.7. The van der Waals surface area contributed by atoms with Crippen LogP contribution in [0.25, 0.3) is 22.0 Å². The Morgan fingerprint density at radius 1 is 0.964 bits per heavy atom. The van der Waals surface area contributed by atoms with E-state index in [-0.39, 0.29) is 0 Å². The average molecular weight is 392 g/mol. The minimum Gasteiger partial charge on any atom is -0.480 e. The molecule has 0 aliphatic carbocycles. The molecule has 0 spiro atoms. The number of anilines is 3. The molecule has 7 heteroatoms. The summed E-state index contributed by atoms with van der Waals surface area (Å²) in [5.41, 5.74) is 4.49. The van der Waals surface area contributed by atoms with Crippen molar-refractivity contribution in [2.24, 2.45) is 0 Å². The second-order valence-corrected chi connectivity index (χ2v) is 6.56. The first-order valence-electron chi connectivity index (χ1n) is 8.67. The van der Waals surface area contributed by atoms with Crippen molar-refractivity contribution in [1.29, 1.82) is 0 Å². The highest BCUT2D eigenvalue weighted by atomic mass is 35.5. The van der Waals surface area contributed by atoms with Crippen LogP contribution in [0.4, 0.5) is 17.2 Å². The standard InChI is InChI=1S/C21H18ClN5O/c1-23-19-9-14(11-24-21(19)28-2)13-6-7-18-17(8-13)20(26-12-25-18)27-16-5-3-4-15(22)10-16/h3-12,23H,1-2H3,(H,25,26,27). The van der Waals surface area contributed by atoms with Crippen LogP contribution in [-0.4, -0.2) is 29.1 Å². The van der Waals surface area contributed by atoms with Crippen molar-refractivity contribution in [2.45, 2.75) is 0 Å². The number of nitrogens with one attached hydrogen (secondary N) is 2. The first-order valence-corrected chi connectivity index (χ1v) is 9.05. The summed E-state index contributed by atoms with van der Waals surface area (Å²) in [6.45, 7) is 0. The van der Waals surface area contributed by atoms with E-state index in [4.69, 9.17) is 16.3 Å². The molecular formula is C21H18ClN5O. The predicted molar refractivity (Wildman–Crippen MR) is 114 cm³/mol. The van der Waals surface area contributed by atoms with Gasteiger partial charge in [0.25, 0.3) is 0 Å². The van der Waals surface area contributed by atoms with Gasteiger partial charge in [0.2, 0.25) is 5.88 Å². The molecule has 4 rings (SSSR count). The van der Waals surface area contributed by atoms with E-state index in [0.29, 0.717) is 16.7 Å². The number of halogens is 1. The Kier molecular flexibility index (Phi) is 4.95. The van der Waals surface area contributed by atoms with Crippen LogP contribution in [0.15, 0.2) is 61.1 Å². The van der Waals surface area contributed by atoms with Crippen LogP contribution in [-0.2, 0) is 0 Å². The second-order valence-electron chi connectivity index (χ2n) is 6.12. The summed E-state index contributed by atoms with van der Waals surface area (Å²) in [5, 5.41) is 7.99. The third-order valence-electron chi connectivity index (χ3n) is 4.37. The summed E-state index contributed by atoms with van der Waals surface area (Å²) in [4.78, 5) is 13.2. The van der Waals surface area contributed by atoms with Gasteiger partial charge < -0.3 is 15.4 Å². The maximum Gasteiger partial charge on any atom is 0.237 e. The van der Waals surface area contributed by atoms with Crippen molar-refractivity contribution in [2.75, 3.05) is 24.8 Å². The lowest BCUT2D eigenvalue weighted by Crippen LogP contribution is -1.98. The van der Waals surface area contributed by atoms with Gasteiger partial charge in [0.05, 0.1) is 18.3 Å². The van der Waals surface area contributed by atoms with Crippen LogP contribution in [0.1, 0.15) is 0 Å². The topological polar surface area (TPSA) is 72.0 Å². The maximum absolute atomic E-state index is 6.09. The molecule has 0 atom stereocenters. The monoisotopic (exact) mass is 391 g/mol. The summed E-state index contributed by atoms with van der Waals surface area (Å²) in [6, 6.07) is 15.6. The van der Waals surface area contributed by atoms with E-state index in [2.05, 4.69) is 25.6 Å². The number of hydrogen-bond acceptors (Lipinski definition) is 6. The molecule has 0 unspecified atom stereocenters. The third-order valence-corrected chi connectivity index (χ3v) is 4.60. The SMILES string of the molecule is CNc1cc(-c2ccc3ncnc(Nc4cccc(Cl)c4)c3c2)cnc1OC. The number of aromatic nitrogens is 3. The second kappa shape index (κ2) is 7.70. The minimum atomic E-state index is 0.554. The maximum atomic E-state index is 6.09. The smallest absolute Gasteiger partial charge is 0.237 e. The highest BCUT2D eigenvalue weighted by Crippen LogP contribution is 2.31. The molecule has 0 radical (unpaired) electrons. The molecule has 0 saturated carbocycles. The lowest BCUT2D eigenvalue weighted by molar-refractivity contribution is 0.400. The molecule has 0 aliphatic rings. The summed E-state index contributed by atoms with van der Waals surface area (Å²) in [5.74, 6) is 1.27. The molecule has 0 aliphatic heterocycles. The van der Waals surface area contributed by atoms with Gasteiger partial charge in [-0.1, -0.05) is 23.7 Å². The molecule has 4 aromatic rings. The fourth-order valence-corrected chi connectivity index (χ4v) is 3.18. The number of methoxy groups -OCH3 is 1. The van der Waals surface area contributed by atoms with E-state index in [1.165, 1.54) is 0 Å². The number of pyridine rings is 1. The zero-order valence-corrected chi connectivity index (χ0v) is 16.2. The Bertz CT molecular complexity index is 1150. The van der Waals surface area contributed by atoms with Crippen LogP contribution in [0.2, 0.25) is 5.02 Å². The van der Waals surface area contributed by atoms with E-state index in [1.807, 2.05) is 55.6 Å². The molecule has 2 heterocycles. The Labute approximate surface area is 167 Å². The molecular weight excluding hydrogens is 374 g/mol. The summed E-state index contributed by atoms with van der Waals surface area (Å²) >= 11 is 6.09. The van der Waals surface area contributed by atoms with Gasteiger partial charge in [-0.15, -0.1) is 0 Å². The van der Waals surface area contributed by atoms with Crippen molar-refractivity contribution in [3.05, 3.63) is 66.1 Å². The van der Waals surface area contributed by atoms with Gasteiger partial charge >= 0.3 is 0 Å². The fraction of sp³-hybridized carbons (Fsp3) is 0.0952. The van der Waals surface area contributed by atoms with Gasteiger partial charge in [0, 0.05) is 34.9 Å². The van der Waals surface area contributed by atoms with Crippen molar-refractivity contribution in [3.8, 4) is 17.0 Å². The fourth-order valence-electron chi connectivity index (χ4n) is 2.99. The molecule has 6 nitrogen and oxygen atoms in total. The molecule has 2 aromatic heterocycles. The largest absolute Gasteiger partial charge is 0.480 e. The lowest BCUT2D eigenvalue weighted by atomic mass is 10.0. The van der Waals surface area contributed by atoms with E-state index >= 15 is 0 Å². The Morgan fingerprint density at radius 2 is 1.86 bits per heavy atom. The molecule has 0 fully saturated rings. The number of ether oxygens (including phenoxy) is 1. The predicted octanol–water partition coefficient (Wildman–Crippen LogP) is 5.14. The van der Waals surface area contributed by atoms with Crippen LogP contribution in [0, 0.1) is 0 Å². The normalized spacial score (nSPS) is 10.7. The summed E-state index contributed by atoms with van der Waals surface area (Å²) in [6.07, 6.45) is 3.33. The third kappa shape index (κ3) is 3.54. The highest BCUT2D eigenvalue weighted by molar-refractivity contribution is 6.30. The van der Waals surface area contributed by atoms with Crippen LogP contribution in [0.3, 0.4) is 0 Å². The minimum absolute atomic E-state index is 0.554. The van der Waals surface area contributed by atoms with Gasteiger partial charge in [-0.3, -0.25) is 0 Å². The van der Waals surface area contributed by atoms with E-state index in [0.717, 1.165) is 33.4 Å². The van der Waals surface area contributed by atoms with Crippen molar-refractivity contribution in [1.82, 2.24) is 15.0 Å². The average Bonchev–Trinajstić information content (AvgIpc) is 2.73. The van der Waals surface area contributed by atoms with Crippen LogP contribution in [0.5, 0.6) is 5.88 Å². The lowest BCUT2D eigenvalue weighted by Gasteiger charge is -2.12.